The van der Waals surface area contributed by atoms with E-state index in [-0.39, 0.29) is 24.1 Å². The molecular formula is C9H10ClN3O2. The summed E-state index contributed by atoms with van der Waals surface area (Å²) < 4.78 is 1.66. The molecule has 80 valence electrons. The molecule has 2 amide bonds. The second kappa shape index (κ2) is 3.66. The Hall–Kier alpha value is -1.36. The molecule has 2 heterocycles. The SMILES string of the molecule is CN1C(=O)CC(n2cncc2CCl)C1=O. The fraction of sp³-hybridized carbons (Fsp3) is 0.444. The number of alkyl halides is 1. The predicted molar refractivity (Wildman–Crippen MR) is 53.2 cm³/mol. The number of imide groups is 1. The molecule has 1 aliphatic heterocycles. The lowest BCUT2D eigenvalue weighted by atomic mass is 10.2. The van der Waals surface area contributed by atoms with Crippen LogP contribution < -0.4 is 0 Å². The first kappa shape index (κ1) is 10.2. The van der Waals surface area contributed by atoms with E-state index in [4.69, 9.17) is 11.6 Å². The van der Waals surface area contributed by atoms with Crippen molar-refractivity contribution in [2.24, 2.45) is 0 Å². The average molecular weight is 228 g/mol. The van der Waals surface area contributed by atoms with Crippen LogP contribution in [0.15, 0.2) is 12.5 Å². The Morgan fingerprint density at radius 2 is 2.33 bits per heavy atom. The summed E-state index contributed by atoms with van der Waals surface area (Å²) in [6, 6.07) is -0.473. The Labute approximate surface area is 91.6 Å². The highest BCUT2D eigenvalue weighted by atomic mass is 35.5. The van der Waals surface area contributed by atoms with Gasteiger partial charge in [-0.2, -0.15) is 0 Å². The molecule has 0 N–H and O–H groups in total. The molecule has 5 nitrogen and oxygen atoms in total. The number of likely N-dealkylation sites (N-methyl/N-ethyl adjacent to an activating group) is 1. The summed E-state index contributed by atoms with van der Waals surface area (Å²) in [7, 11) is 1.49. The van der Waals surface area contributed by atoms with Crippen molar-refractivity contribution in [3.8, 4) is 0 Å². The summed E-state index contributed by atoms with van der Waals surface area (Å²) in [6.07, 6.45) is 3.32. The quantitative estimate of drug-likeness (QED) is 0.548. The van der Waals surface area contributed by atoms with Gasteiger partial charge in [0.2, 0.25) is 5.91 Å². The van der Waals surface area contributed by atoms with Gasteiger partial charge in [-0.25, -0.2) is 4.98 Å². The van der Waals surface area contributed by atoms with E-state index in [9.17, 15) is 9.59 Å². The van der Waals surface area contributed by atoms with E-state index < -0.39 is 6.04 Å². The van der Waals surface area contributed by atoms with E-state index >= 15 is 0 Å². The number of halogens is 1. The maximum atomic E-state index is 11.7. The van der Waals surface area contributed by atoms with Gasteiger partial charge in [-0.3, -0.25) is 14.5 Å². The number of aromatic nitrogens is 2. The summed E-state index contributed by atoms with van der Waals surface area (Å²) >= 11 is 5.70. The lowest BCUT2D eigenvalue weighted by Crippen LogP contribution is -2.27. The number of imidazole rings is 1. The van der Waals surface area contributed by atoms with Crippen LogP contribution in [0.4, 0.5) is 0 Å². The van der Waals surface area contributed by atoms with Gasteiger partial charge in [0.1, 0.15) is 6.04 Å². The Morgan fingerprint density at radius 3 is 2.87 bits per heavy atom. The molecule has 0 bridgehead atoms. The van der Waals surface area contributed by atoms with Gasteiger partial charge >= 0.3 is 0 Å². The molecular weight excluding hydrogens is 218 g/mol. The molecule has 15 heavy (non-hydrogen) atoms. The number of hydrogen-bond acceptors (Lipinski definition) is 3. The summed E-state index contributed by atoms with van der Waals surface area (Å²) in [4.78, 5) is 28.1. The van der Waals surface area contributed by atoms with Crippen LogP contribution in [-0.2, 0) is 15.5 Å². The van der Waals surface area contributed by atoms with E-state index in [1.54, 1.807) is 10.8 Å². The van der Waals surface area contributed by atoms with E-state index in [2.05, 4.69) is 4.98 Å². The summed E-state index contributed by atoms with van der Waals surface area (Å²) in [5.74, 6) is -0.0922. The molecule has 1 aromatic rings. The van der Waals surface area contributed by atoms with Crippen LogP contribution in [0.1, 0.15) is 18.2 Å². The molecule has 1 aliphatic rings. The fourth-order valence-electron chi connectivity index (χ4n) is 1.67. The molecule has 1 aromatic heterocycles. The van der Waals surface area contributed by atoms with Crippen molar-refractivity contribution in [1.82, 2.24) is 14.5 Å². The fourth-order valence-corrected chi connectivity index (χ4v) is 1.88. The van der Waals surface area contributed by atoms with Gasteiger partial charge in [-0.05, 0) is 0 Å². The standard InChI is InChI=1S/C9H10ClN3O2/c1-12-8(14)2-7(9(12)15)13-5-11-4-6(13)3-10/h4-5,7H,2-3H2,1H3. The van der Waals surface area contributed by atoms with Crippen molar-refractivity contribution in [3.63, 3.8) is 0 Å². The zero-order valence-corrected chi connectivity index (χ0v) is 8.94. The molecule has 2 rings (SSSR count). The molecule has 1 atom stereocenters. The van der Waals surface area contributed by atoms with E-state index in [1.807, 2.05) is 0 Å². The zero-order valence-electron chi connectivity index (χ0n) is 8.18. The molecule has 0 spiro atoms. The van der Waals surface area contributed by atoms with Crippen molar-refractivity contribution in [3.05, 3.63) is 18.2 Å². The third kappa shape index (κ3) is 1.52. The van der Waals surface area contributed by atoms with Gasteiger partial charge in [0.05, 0.1) is 24.3 Å². The Bertz CT molecular complexity index is 415. The maximum absolute atomic E-state index is 11.7. The highest BCUT2D eigenvalue weighted by Crippen LogP contribution is 2.24. The number of carbonyl (C=O) groups is 2. The number of carbonyl (C=O) groups excluding carboxylic acids is 2. The minimum Gasteiger partial charge on any atom is -0.320 e. The second-order valence-corrected chi connectivity index (χ2v) is 3.70. The van der Waals surface area contributed by atoms with Crippen LogP contribution in [0.25, 0.3) is 0 Å². The van der Waals surface area contributed by atoms with Gasteiger partial charge in [-0.1, -0.05) is 0 Å². The van der Waals surface area contributed by atoms with Gasteiger partial charge in [0.25, 0.3) is 5.91 Å². The average Bonchev–Trinajstić information content (AvgIpc) is 2.78. The van der Waals surface area contributed by atoms with Gasteiger partial charge in [0.15, 0.2) is 0 Å². The lowest BCUT2D eigenvalue weighted by molar-refractivity contribution is -0.137. The Kier molecular flexibility index (Phi) is 2.48. The molecule has 1 fully saturated rings. The van der Waals surface area contributed by atoms with Crippen LogP contribution in [0.2, 0.25) is 0 Å². The number of rotatable bonds is 2. The molecule has 0 aliphatic carbocycles. The first-order chi connectivity index (χ1) is 7.15. The Balaban J connectivity index is 2.33. The third-order valence-corrected chi connectivity index (χ3v) is 2.85. The van der Waals surface area contributed by atoms with Crippen LogP contribution in [0.5, 0.6) is 0 Å². The van der Waals surface area contributed by atoms with Crippen LogP contribution >= 0.6 is 11.6 Å². The largest absolute Gasteiger partial charge is 0.320 e. The van der Waals surface area contributed by atoms with Crippen molar-refractivity contribution in [2.75, 3.05) is 7.05 Å². The number of amides is 2. The number of likely N-dealkylation sites (tertiary alicyclic amines) is 1. The normalized spacial score (nSPS) is 21.5. The summed E-state index contributed by atoms with van der Waals surface area (Å²) in [6.45, 7) is 0. The molecule has 1 saturated heterocycles. The Morgan fingerprint density at radius 1 is 1.60 bits per heavy atom. The monoisotopic (exact) mass is 227 g/mol. The first-order valence-electron chi connectivity index (χ1n) is 4.52. The van der Waals surface area contributed by atoms with Crippen molar-refractivity contribution >= 4 is 23.4 Å². The summed E-state index contributed by atoms with van der Waals surface area (Å²) in [5, 5.41) is 0. The van der Waals surface area contributed by atoms with Gasteiger partial charge in [-0.15, -0.1) is 11.6 Å². The van der Waals surface area contributed by atoms with E-state index in [0.29, 0.717) is 0 Å². The number of hydrogen-bond donors (Lipinski definition) is 0. The molecule has 0 aromatic carbocycles. The van der Waals surface area contributed by atoms with Crippen LogP contribution in [-0.4, -0.2) is 33.3 Å². The minimum atomic E-state index is -0.473. The van der Waals surface area contributed by atoms with Crippen LogP contribution in [0.3, 0.4) is 0 Å². The minimum absolute atomic E-state index is 0.167. The predicted octanol–water partition coefficient (Wildman–Crippen LogP) is 0.552. The second-order valence-electron chi connectivity index (χ2n) is 3.44. The highest BCUT2D eigenvalue weighted by molar-refractivity contribution is 6.17. The lowest BCUT2D eigenvalue weighted by Gasteiger charge is -2.12. The zero-order chi connectivity index (χ0) is 11.0. The van der Waals surface area contributed by atoms with E-state index in [0.717, 1.165) is 10.6 Å². The van der Waals surface area contributed by atoms with Crippen molar-refractivity contribution in [2.45, 2.75) is 18.3 Å². The van der Waals surface area contributed by atoms with Gasteiger partial charge in [0, 0.05) is 13.2 Å². The molecule has 0 radical (unpaired) electrons. The third-order valence-electron chi connectivity index (χ3n) is 2.58. The summed E-state index contributed by atoms with van der Waals surface area (Å²) in [5.41, 5.74) is 0.748. The molecule has 1 unspecified atom stereocenters. The van der Waals surface area contributed by atoms with Crippen molar-refractivity contribution in [1.29, 1.82) is 0 Å². The maximum Gasteiger partial charge on any atom is 0.252 e. The number of nitrogens with zero attached hydrogens (tertiary/aromatic N) is 3. The van der Waals surface area contributed by atoms with Crippen LogP contribution in [0, 0.1) is 0 Å². The highest BCUT2D eigenvalue weighted by Gasteiger charge is 2.37. The molecule has 0 saturated carbocycles. The smallest absolute Gasteiger partial charge is 0.252 e. The van der Waals surface area contributed by atoms with E-state index in [1.165, 1.54) is 13.4 Å². The van der Waals surface area contributed by atoms with Gasteiger partial charge < -0.3 is 4.57 Å². The first-order valence-corrected chi connectivity index (χ1v) is 5.05. The molecule has 6 heteroatoms. The topological polar surface area (TPSA) is 55.2 Å². The van der Waals surface area contributed by atoms with Crippen molar-refractivity contribution < 1.29 is 9.59 Å².